The van der Waals surface area contributed by atoms with Gasteiger partial charge < -0.3 is 4.90 Å². The molecule has 28 heavy (non-hydrogen) atoms. The summed E-state index contributed by atoms with van der Waals surface area (Å²) in [6.45, 7) is 3.71. The average molecular weight is 383 g/mol. The number of piperidine rings is 1. The molecule has 1 aromatic heterocycles. The van der Waals surface area contributed by atoms with Crippen LogP contribution in [-0.4, -0.2) is 34.8 Å². The largest absolute Gasteiger partial charge is 0.371 e. The number of rotatable bonds is 4. The molecule has 3 rings (SSSR count). The molecule has 0 bridgehead atoms. The first-order valence-corrected chi connectivity index (χ1v) is 9.00. The molecule has 0 aliphatic carbocycles. The van der Waals surface area contributed by atoms with Crippen molar-refractivity contribution in [2.75, 3.05) is 18.0 Å². The van der Waals surface area contributed by atoms with Gasteiger partial charge in [-0.15, -0.1) is 0 Å². The molecule has 9 nitrogen and oxygen atoms in total. The first-order chi connectivity index (χ1) is 13.5. The summed E-state index contributed by atoms with van der Waals surface area (Å²) in [5, 5.41) is 11.1. The van der Waals surface area contributed by atoms with Gasteiger partial charge in [0.25, 0.3) is 17.5 Å². The molecule has 1 saturated heterocycles. The van der Waals surface area contributed by atoms with Crippen LogP contribution in [0.1, 0.15) is 40.5 Å². The number of anilines is 1. The quantitative estimate of drug-likeness (QED) is 0.618. The first-order valence-electron chi connectivity index (χ1n) is 9.00. The van der Waals surface area contributed by atoms with E-state index in [0.29, 0.717) is 11.6 Å². The molecule has 0 spiro atoms. The Balaban J connectivity index is 1.79. The fourth-order valence-electron chi connectivity index (χ4n) is 3.09. The second kappa shape index (κ2) is 8.47. The molecule has 2 heterocycles. The number of hydrogen-bond acceptors (Lipinski definition) is 6. The lowest BCUT2D eigenvalue weighted by molar-refractivity contribution is -0.384. The van der Waals surface area contributed by atoms with Gasteiger partial charge in [-0.1, -0.05) is 6.92 Å². The Bertz CT molecular complexity index is 879. The van der Waals surface area contributed by atoms with Crippen LogP contribution in [0, 0.1) is 16.0 Å². The molecule has 2 N–H and O–H groups in total. The van der Waals surface area contributed by atoms with Gasteiger partial charge in [-0.2, -0.15) is 0 Å². The van der Waals surface area contributed by atoms with Gasteiger partial charge >= 0.3 is 0 Å². The Labute approximate surface area is 161 Å². The second-order valence-electron chi connectivity index (χ2n) is 6.78. The standard InChI is InChI=1S/C19H21N5O4/c1-13-6-9-23(10-7-13)17-5-4-15(24(27)28)11-16(17)19(26)22-21-18(25)14-3-2-8-20-12-14/h2-5,8,11-13H,6-7,9-10H2,1H3,(H,21,25)(H,22,26). The predicted octanol–water partition coefficient (Wildman–Crippen LogP) is 2.30. The number of nitrogens with zero attached hydrogens (tertiary/aromatic N) is 3. The molecule has 1 aromatic carbocycles. The first kappa shape index (κ1) is 19.3. The van der Waals surface area contributed by atoms with Crippen LogP contribution in [0.3, 0.4) is 0 Å². The van der Waals surface area contributed by atoms with Crippen LogP contribution in [0.15, 0.2) is 42.7 Å². The summed E-state index contributed by atoms with van der Waals surface area (Å²) in [6.07, 6.45) is 4.87. The Morgan fingerprint density at radius 3 is 2.54 bits per heavy atom. The van der Waals surface area contributed by atoms with Crippen molar-refractivity contribution in [1.82, 2.24) is 15.8 Å². The highest BCUT2D eigenvalue weighted by Gasteiger charge is 2.23. The van der Waals surface area contributed by atoms with E-state index in [9.17, 15) is 19.7 Å². The van der Waals surface area contributed by atoms with Crippen LogP contribution in [0.5, 0.6) is 0 Å². The molecule has 9 heteroatoms. The molecule has 146 valence electrons. The molecule has 1 aliphatic heterocycles. The summed E-state index contributed by atoms with van der Waals surface area (Å²) < 4.78 is 0. The molecular weight excluding hydrogens is 362 g/mol. The minimum Gasteiger partial charge on any atom is -0.371 e. The third-order valence-corrected chi connectivity index (χ3v) is 4.77. The molecule has 2 amide bonds. The Morgan fingerprint density at radius 2 is 1.89 bits per heavy atom. The molecular formula is C19H21N5O4. The van der Waals surface area contributed by atoms with Gasteiger partial charge in [0, 0.05) is 37.6 Å². The number of hydrogen-bond donors (Lipinski definition) is 2. The highest BCUT2D eigenvalue weighted by atomic mass is 16.6. The number of nitro groups is 1. The van der Waals surface area contributed by atoms with Crippen LogP contribution in [-0.2, 0) is 0 Å². The number of benzene rings is 1. The van der Waals surface area contributed by atoms with Crippen LogP contribution < -0.4 is 15.8 Å². The third kappa shape index (κ3) is 4.43. The van der Waals surface area contributed by atoms with Crippen LogP contribution in [0.2, 0.25) is 0 Å². The molecule has 0 atom stereocenters. The average Bonchev–Trinajstić information content (AvgIpc) is 2.72. The van der Waals surface area contributed by atoms with Crippen molar-refractivity contribution in [3.05, 3.63) is 64.0 Å². The second-order valence-corrected chi connectivity index (χ2v) is 6.78. The summed E-state index contributed by atoms with van der Waals surface area (Å²) in [6, 6.07) is 7.37. The maximum absolute atomic E-state index is 12.7. The lowest BCUT2D eigenvalue weighted by atomic mass is 9.98. The zero-order chi connectivity index (χ0) is 20.1. The highest BCUT2D eigenvalue weighted by Crippen LogP contribution is 2.29. The molecule has 1 fully saturated rings. The predicted molar refractivity (Wildman–Crippen MR) is 103 cm³/mol. The van der Waals surface area contributed by atoms with E-state index in [4.69, 9.17) is 0 Å². The summed E-state index contributed by atoms with van der Waals surface area (Å²) in [5.41, 5.74) is 5.52. The lowest BCUT2D eigenvalue weighted by Crippen LogP contribution is -2.42. The summed E-state index contributed by atoms with van der Waals surface area (Å²) in [5.74, 6) is -0.542. The van der Waals surface area contributed by atoms with Gasteiger partial charge in [-0.25, -0.2) is 0 Å². The van der Waals surface area contributed by atoms with E-state index in [-0.39, 0.29) is 16.8 Å². The molecule has 0 saturated carbocycles. The van der Waals surface area contributed by atoms with E-state index < -0.39 is 16.7 Å². The van der Waals surface area contributed by atoms with Crippen LogP contribution >= 0.6 is 0 Å². The van der Waals surface area contributed by atoms with E-state index in [1.165, 1.54) is 24.5 Å². The molecule has 0 unspecified atom stereocenters. The smallest absolute Gasteiger partial charge is 0.272 e. The number of nitrogens with one attached hydrogen (secondary N) is 2. The van der Waals surface area contributed by atoms with Crippen molar-refractivity contribution in [1.29, 1.82) is 0 Å². The van der Waals surface area contributed by atoms with Gasteiger partial charge in [0.1, 0.15) is 0 Å². The zero-order valence-corrected chi connectivity index (χ0v) is 15.4. The van der Waals surface area contributed by atoms with Crippen LogP contribution in [0.25, 0.3) is 0 Å². The van der Waals surface area contributed by atoms with E-state index >= 15 is 0 Å². The van der Waals surface area contributed by atoms with Crippen molar-refractivity contribution in [2.24, 2.45) is 5.92 Å². The monoisotopic (exact) mass is 383 g/mol. The maximum Gasteiger partial charge on any atom is 0.272 e. The molecule has 1 aliphatic rings. The fraction of sp³-hybridized carbons (Fsp3) is 0.316. The molecule has 0 radical (unpaired) electrons. The van der Waals surface area contributed by atoms with Crippen molar-refractivity contribution >= 4 is 23.2 Å². The maximum atomic E-state index is 12.7. The third-order valence-electron chi connectivity index (χ3n) is 4.77. The van der Waals surface area contributed by atoms with E-state index in [2.05, 4.69) is 22.8 Å². The van der Waals surface area contributed by atoms with Crippen molar-refractivity contribution in [3.63, 3.8) is 0 Å². The van der Waals surface area contributed by atoms with E-state index in [0.717, 1.165) is 25.9 Å². The number of aromatic nitrogens is 1. The zero-order valence-electron chi connectivity index (χ0n) is 15.4. The van der Waals surface area contributed by atoms with E-state index in [1.807, 2.05) is 4.90 Å². The topological polar surface area (TPSA) is 117 Å². The molecule has 2 aromatic rings. The number of carbonyl (C=O) groups excluding carboxylic acids is 2. The van der Waals surface area contributed by atoms with E-state index in [1.54, 1.807) is 18.2 Å². The van der Waals surface area contributed by atoms with Gasteiger partial charge in [-0.3, -0.25) is 35.5 Å². The number of carbonyl (C=O) groups is 2. The number of nitro benzene ring substituents is 1. The summed E-state index contributed by atoms with van der Waals surface area (Å²) in [7, 11) is 0. The number of non-ortho nitro benzene ring substituents is 1. The number of hydrazine groups is 1. The fourth-order valence-corrected chi connectivity index (χ4v) is 3.09. The van der Waals surface area contributed by atoms with Gasteiger partial charge in [0.05, 0.1) is 21.7 Å². The van der Waals surface area contributed by atoms with Gasteiger partial charge in [-0.05, 0) is 37.0 Å². The minimum absolute atomic E-state index is 0.148. The van der Waals surface area contributed by atoms with Crippen molar-refractivity contribution < 1.29 is 14.5 Å². The summed E-state index contributed by atoms with van der Waals surface area (Å²) >= 11 is 0. The normalized spacial score (nSPS) is 14.4. The minimum atomic E-state index is -0.616. The van der Waals surface area contributed by atoms with Gasteiger partial charge in [0.15, 0.2) is 0 Å². The van der Waals surface area contributed by atoms with Crippen molar-refractivity contribution in [3.8, 4) is 0 Å². The number of pyridine rings is 1. The highest BCUT2D eigenvalue weighted by molar-refractivity contribution is 6.02. The van der Waals surface area contributed by atoms with Crippen LogP contribution in [0.4, 0.5) is 11.4 Å². The van der Waals surface area contributed by atoms with Gasteiger partial charge in [0.2, 0.25) is 0 Å². The Hall–Kier alpha value is -3.49. The number of amides is 2. The SMILES string of the molecule is CC1CCN(c2ccc([N+](=O)[O-])cc2C(=O)NNC(=O)c2cccnc2)CC1. The Kier molecular flexibility index (Phi) is 5.83. The summed E-state index contributed by atoms with van der Waals surface area (Å²) in [4.78, 5) is 41.3. The van der Waals surface area contributed by atoms with Crippen molar-refractivity contribution in [2.45, 2.75) is 19.8 Å². The Morgan fingerprint density at radius 1 is 1.18 bits per heavy atom. The lowest BCUT2D eigenvalue weighted by Gasteiger charge is -2.33.